The van der Waals surface area contributed by atoms with Crippen molar-refractivity contribution in [3.8, 4) is 0 Å². The lowest BCUT2D eigenvalue weighted by Gasteiger charge is -2.00. The maximum atomic E-state index is 5.99. The van der Waals surface area contributed by atoms with Crippen LogP contribution in [0.4, 0.5) is 0 Å². The zero-order valence-electron chi connectivity index (χ0n) is 7.15. The summed E-state index contributed by atoms with van der Waals surface area (Å²) in [6.45, 7) is 2.04. The number of benzene rings is 1. The maximum Gasteiger partial charge on any atom is 0.0493 e. The largest absolute Gasteiger partial charge is 0.0880 e. The zero-order chi connectivity index (χ0) is 9.84. The smallest absolute Gasteiger partial charge is 0.0493 e. The first-order chi connectivity index (χ1) is 6.13. The van der Waals surface area contributed by atoms with Crippen molar-refractivity contribution < 1.29 is 0 Å². The lowest BCUT2D eigenvalue weighted by atomic mass is 10.1. The average Bonchev–Trinajstić information content (AvgIpc) is 2.09. The van der Waals surface area contributed by atoms with E-state index in [-0.39, 0.29) is 0 Å². The van der Waals surface area contributed by atoms with Gasteiger partial charge in [-0.2, -0.15) is 0 Å². The van der Waals surface area contributed by atoms with Crippen LogP contribution < -0.4 is 0 Å². The van der Waals surface area contributed by atoms with Crippen LogP contribution in [-0.2, 0) is 0 Å². The van der Waals surface area contributed by atoms with Gasteiger partial charge in [-0.15, -0.1) is 0 Å². The molecule has 0 radical (unpaired) electrons. The minimum absolute atomic E-state index is 0.665. The van der Waals surface area contributed by atoms with Crippen molar-refractivity contribution in [3.05, 3.63) is 39.4 Å². The Labute approximate surface area is 96.7 Å². The Balaban J connectivity index is 3.03. The lowest BCUT2D eigenvalue weighted by molar-refractivity contribution is 1.45. The maximum absolute atomic E-state index is 5.99. The summed E-state index contributed by atoms with van der Waals surface area (Å²) in [4.78, 5) is 0. The average molecular weight is 280 g/mol. The van der Waals surface area contributed by atoms with Crippen LogP contribution in [0.3, 0.4) is 0 Å². The Morgan fingerprint density at radius 2 is 2.15 bits per heavy atom. The monoisotopic (exact) mass is 278 g/mol. The van der Waals surface area contributed by atoms with Gasteiger partial charge in [0.25, 0.3) is 0 Å². The predicted octanol–water partition coefficient (Wildman–Crippen LogP) is 4.79. The number of hydrogen-bond acceptors (Lipinski definition) is 0. The summed E-state index contributed by atoms with van der Waals surface area (Å²) in [5.41, 5.74) is 2.23. The molecule has 1 rings (SSSR count). The van der Waals surface area contributed by atoms with Crippen LogP contribution in [0.5, 0.6) is 0 Å². The van der Waals surface area contributed by atoms with Crippen LogP contribution in [-0.4, -0.2) is 5.33 Å². The van der Waals surface area contributed by atoms with Gasteiger partial charge in [0.15, 0.2) is 0 Å². The number of allylic oxidation sites excluding steroid dienone is 1. The minimum Gasteiger partial charge on any atom is -0.0880 e. The number of rotatable bonds is 2. The molecule has 0 amide bonds. The van der Waals surface area contributed by atoms with Crippen molar-refractivity contribution in [3.63, 3.8) is 0 Å². The number of halogens is 3. The van der Waals surface area contributed by atoms with Gasteiger partial charge in [-0.05, 0) is 24.6 Å². The fourth-order valence-corrected chi connectivity index (χ4v) is 1.55. The Bertz CT molecular complexity index is 332. The highest BCUT2D eigenvalue weighted by atomic mass is 79.9. The SMILES string of the molecule is C/C(=C/c1ccc(Cl)cc1Cl)CBr. The molecule has 1 aromatic carbocycles. The second kappa shape index (κ2) is 5.04. The lowest BCUT2D eigenvalue weighted by Crippen LogP contribution is -1.79. The highest BCUT2D eigenvalue weighted by molar-refractivity contribution is 9.09. The molecule has 0 nitrogen and oxygen atoms in total. The molecule has 0 aliphatic rings. The van der Waals surface area contributed by atoms with E-state index in [1.807, 2.05) is 25.1 Å². The molecule has 0 unspecified atom stereocenters. The van der Waals surface area contributed by atoms with Crippen LogP contribution in [0, 0.1) is 0 Å². The molecule has 0 N–H and O–H groups in total. The fraction of sp³-hybridized carbons (Fsp3) is 0.200. The standard InChI is InChI=1S/C10H9BrCl2/c1-7(6-11)4-8-2-3-9(12)5-10(8)13/h2-5H,6H2,1H3/b7-4-. The minimum atomic E-state index is 0.665. The van der Waals surface area contributed by atoms with E-state index in [9.17, 15) is 0 Å². The van der Waals surface area contributed by atoms with E-state index < -0.39 is 0 Å². The molecule has 1 aromatic rings. The summed E-state index contributed by atoms with van der Waals surface area (Å²) >= 11 is 15.1. The van der Waals surface area contributed by atoms with E-state index in [4.69, 9.17) is 23.2 Å². The summed E-state index contributed by atoms with van der Waals surface area (Å²) in [6, 6.07) is 5.49. The molecule has 0 aromatic heterocycles. The van der Waals surface area contributed by atoms with Gasteiger partial charge in [0.1, 0.15) is 0 Å². The van der Waals surface area contributed by atoms with Crippen LogP contribution in [0.2, 0.25) is 10.0 Å². The molecule has 0 aliphatic carbocycles. The van der Waals surface area contributed by atoms with E-state index in [0.717, 1.165) is 10.9 Å². The number of hydrogen-bond donors (Lipinski definition) is 0. The summed E-state index contributed by atoms with van der Waals surface area (Å²) in [6.07, 6.45) is 2.04. The van der Waals surface area contributed by atoms with Crippen LogP contribution in [0.1, 0.15) is 12.5 Å². The first-order valence-corrected chi connectivity index (χ1v) is 5.69. The van der Waals surface area contributed by atoms with Crippen LogP contribution >= 0.6 is 39.1 Å². The number of alkyl halides is 1. The Hall–Kier alpha value is 0.0200. The fourth-order valence-electron chi connectivity index (χ4n) is 0.923. The highest BCUT2D eigenvalue weighted by Crippen LogP contribution is 2.23. The first kappa shape index (κ1) is 11.1. The molecule has 0 bridgehead atoms. The molecule has 0 atom stereocenters. The molecule has 3 heteroatoms. The van der Waals surface area contributed by atoms with E-state index in [1.165, 1.54) is 5.57 Å². The van der Waals surface area contributed by atoms with Gasteiger partial charge in [-0.25, -0.2) is 0 Å². The molecule has 0 saturated carbocycles. The van der Waals surface area contributed by atoms with Gasteiger partial charge in [0.2, 0.25) is 0 Å². The van der Waals surface area contributed by atoms with E-state index in [2.05, 4.69) is 15.9 Å². The third-order valence-electron chi connectivity index (χ3n) is 1.58. The van der Waals surface area contributed by atoms with Gasteiger partial charge in [-0.1, -0.05) is 56.8 Å². The summed E-state index contributed by atoms with van der Waals surface area (Å²) in [5.74, 6) is 0. The summed E-state index contributed by atoms with van der Waals surface area (Å²) in [5, 5.41) is 2.21. The third kappa shape index (κ3) is 3.34. The van der Waals surface area contributed by atoms with Gasteiger partial charge < -0.3 is 0 Å². The second-order valence-electron chi connectivity index (χ2n) is 2.79. The normalized spacial score (nSPS) is 11.8. The van der Waals surface area contributed by atoms with Crippen molar-refractivity contribution in [2.24, 2.45) is 0 Å². The summed E-state index contributed by atoms with van der Waals surface area (Å²) < 4.78 is 0. The first-order valence-electron chi connectivity index (χ1n) is 3.81. The second-order valence-corrected chi connectivity index (χ2v) is 4.19. The molecule has 70 valence electrons. The van der Waals surface area contributed by atoms with Crippen molar-refractivity contribution in [1.29, 1.82) is 0 Å². The van der Waals surface area contributed by atoms with E-state index >= 15 is 0 Å². The quantitative estimate of drug-likeness (QED) is 0.683. The Kier molecular flexibility index (Phi) is 4.30. The van der Waals surface area contributed by atoms with Gasteiger partial charge in [0.05, 0.1) is 0 Å². The molecular weight excluding hydrogens is 271 g/mol. The molecule has 0 saturated heterocycles. The molecular formula is C10H9BrCl2. The van der Waals surface area contributed by atoms with Gasteiger partial charge in [0, 0.05) is 15.4 Å². The molecule has 0 spiro atoms. The zero-order valence-corrected chi connectivity index (χ0v) is 10.2. The van der Waals surface area contributed by atoms with Gasteiger partial charge >= 0.3 is 0 Å². The van der Waals surface area contributed by atoms with Gasteiger partial charge in [-0.3, -0.25) is 0 Å². The Morgan fingerprint density at radius 3 is 2.69 bits per heavy atom. The van der Waals surface area contributed by atoms with E-state index in [0.29, 0.717) is 10.0 Å². The molecule has 0 heterocycles. The third-order valence-corrected chi connectivity index (χ3v) is 3.02. The molecule has 0 aliphatic heterocycles. The van der Waals surface area contributed by atoms with Crippen molar-refractivity contribution in [1.82, 2.24) is 0 Å². The van der Waals surface area contributed by atoms with Crippen molar-refractivity contribution in [2.75, 3.05) is 5.33 Å². The molecule has 13 heavy (non-hydrogen) atoms. The molecule has 0 fully saturated rings. The van der Waals surface area contributed by atoms with Crippen LogP contribution in [0.25, 0.3) is 6.08 Å². The summed E-state index contributed by atoms with van der Waals surface area (Å²) in [7, 11) is 0. The van der Waals surface area contributed by atoms with Crippen molar-refractivity contribution >= 4 is 45.2 Å². The van der Waals surface area contributed by atoms with Crippen molar-refractivity contribution in [2.45, 2.75) is 6.92 Å². The topological polar surface area (TPSA) is 0 Å². The van der Waals surface area contributed by atoms with Crippen LogP contribution in [0.15, 0.2) is 23.8 Å². The van der Waals surface area contributed by atoms with E-state index in [1.54, 1.807) is 6.07 Å². The predicted molar refractivity (Wildman–Crippen MR) is 63.9 cm³/mol. The highest BCUT2D eigenvalue weighted by Gasteiger charge is 1.98. The Morgan fingerprint density at radius 1 is 1.46 bits per heavy atom.